The molecule has 152 valence electrons. The van der Waals surface area contributed by atoms with Crippen LogP contribution in [0.3, 0.4) is 0 Å². The smallest absolute Gasteiger partial charge is 0.342 e. The number of esters is 1. The van der Waals surface area contributed by atoms with Gasteiger partial charge in [0, 0.05) is 23.9 Å². The number of anilines is 1. The number of carbonyl (C=O) groups excluding carboxylic acids is 3. The summed E-state index contributed by atoms with van der Waals surface area (Å²) in [5.41, 5.74) is 1.17. The van der Waals surface area contributed by atoms with Crippen molar-refractivity contribution in [2.75, 3.05) is 11.9 Å². The molecule has 1 heterocycles. The highest BCUT2D eigenvalue weighted by Gasteiger charge is 2.16. The van der Waals surface area contributed by atoms with Crippen LogP contribution in [0.1, 0.15) is 34.1 Å². The average Bonchev–Trinajstić information content (AvgIpc) is 2.78. The van der Waals surface area contributed by atoms with Gasteiger partial charge in [-0.15, -0.1) is 0 Å². The first kappa shape index (κ1) is 20.7. The van der Waals surface area contributed by atoms with Crippen molar-refractivity contribution in [3.63, 3.8) is 0 Å². The Morgan fingerprint density at radius 1 is 0.967 bits per heavy atom. The molecule has 0 bridgehead atoms. The number of Topliss-reactive ketones (excluding diaryl/α,β-unsaturated/α-hetero) is 1. The maximum atomic E-state index is 12.5. The fraction of sp³-hybridized carbons (Fsp3) is 0.130. The molecule has 3 rings (SSSR count). The van der Waals surface area contributed by atoms with Gasteiger partial charge in [0.15, 0.2) is 12.4 Å². The maximum Gasteiger partial charge on any atom is 0.342 e. The quantitative estimate of drug-likeness (QED) is 0.445. The Bertz CT molecular complexity index is 1030. The zero-order chi connectivity index (χ0) is 21.3. The Hall–Kier alpha value is -4.00. The van der Waals surface area contributed by atoms with Crippen molar-refractivity contribution < 1.29 is 23.9 Å². The summed E-state index contributed by atoms with van der Waals surface area (Å²) < 4.78 is 10.9. The number of ether oxygens (including phenoxy) is 2. The van der Waals surface area contributed by atoms with Crippen LogP contribution < -0.4 is 10.1 Å². The number of para-hydroxylation sites is 1. The normalized spacial score (nSPS) is 10.2. The molecule has 0 spiro atoms. The fourth-order valence-electron chi connectivity index (χ4n) is 2.54. The number of amides is 1. The molecule has 30 heavy (non-hydrogen) atoms. The summed E-state index contributed by atoms with van der Waals surface area (Å²) in [5, 5.41) is 2.70. The van der Waals surface area contributed by atoms with Crippen molar-refractivity contribution in [1.82, 2.24) is 4.98 Å². The third kappa shape index (κ3) is 5.51. The molecule has 0 fully saturated rings. The topological polar surface area (TPSA) is 94.6 Å². The molecule has 3 aromatic rings. The highest BCUT2D eigenvalue weighted by molar-refractivity contribution is 6.00. The molecule has 0 atom stereocenters. The molecule has 0 aliphatic carbocycles. The van der Waals surface area contributed by atoms with Gasteiger partial charge in [-0.1, -0.05) is 19.1 Å². The van der Waals surface area contributed by atoms with Crippen LogP contribution in [0.15, 0.2) is 73.1 Å². The summed E-state index contributed by atoms with van der Waals surface area (Å²) in [7, 11) is 0. The molecule has 1 amide bonds. The number of hydrogen-bond acceptors (Lipinski definition) is 6. The average molecular weight is 404 g/mol. The van der Waals surface area contributed by atoms with E-state index in [4.69, 9.17) is 9.47 Å². The zero-order valence-electron chi connectivity index (χ0n) is 16.3. The van der Waals surface area contributed by atoms with Crippen LogP contribution in [-0.2, 0) is 9.53 Å². The van der Waals surface area contributed by atoms with Gasteiger partial charge in [-0.25, -0.2) is 4.79 Å². The predicted octanol–water partition coefficient (Wildman–Crippen LogP) is 4.26. The van der Waals surface area contributed by atoms with Crippen molar-refractivity contribution in [2.24, 2.45) is 0 Å². The van der Waals surface area contributed by atoms with Crippen LogP contribution in [0.25, 0.3) is 0 Å². The summed E-state index contributed by atoms with van der Waals surface area (Å²) in [6.07, 6.45) is 3.50. The lowest BCUT2D eigenvalue weighted by molar-refractivity contribution is -0.115. The highest BCUT2D eigenvalue weighted by atomic mass is 16.5. The van der Waals surface area contributed by atoms with E-state index < -0.39 is 12.6 Å². The minimum Gasteiger partial charge on any atom is -0.455 e. The second-order valence-corrected chi connectivity index (χ2v) is 6.27. The molecule has 1 N–H and O–H groups in total. The van der Waals surface area contributed by atoms with Crippen LogP contribution in [0.5, 0.6) is 11.5 Å². The molecule has 0 saturated carbocycles. The van der Waals surface area contributed by atoms with Crippen molar-refractivity contribution in [2.45, 2.75) is 13.3 Å². The summed E-state index contributed by atoms with van der Waals surface area (Å²) in [6.45, 7) is 1.34. The first-order chi connectivity index (χ1) is 14.6. The van der Waals surface area contributed by atoms with Gasteiger partial charge in [-0.2, -0.15) is 0 Å². The standard InChI is InChI=1S/C23H20N2O5/c1-2-22(27)25-17-11-9-16(10-12-17)20(26)15-29-23(28)19-7-3-4-8-21(19)30-18-6-5-13-24-14-18/h3-14H,2,15H2,1H3,(H,25,27). The van der Waals surface area contributed by atoms with Gasteiger partial charge in [0.1, 0.15) is 17.1 Å². The van der Waals surface area contributed by atoms with E-state index in [1.165, 1.54) is 6.20 Å². The number of aromatic nitrogens is 1. The van der Waals surface area contributed by atoms with E-state index in [1.807, 2.05) is 0 Å². The van der Waals surface area contributed by atoms with Crippen molar-refractivity contribution >= 4 is 23.3 Å². The van der Waals surface area contributed by atoms with Crippen LogP contribution in [0, 0.1) is 0 Å². The molecular formula is C23H20N2O5. The van der Waals surface area contributed by atoms with Gasteiger partial charge < -0.3 is 14.8 Å². The van der Waals surface area contributed by atoms with Crippen molar-refractivity contribution in [3.05, 3.63) is 84.2 Å². The van der Waals surface area contributed by atoms with Crippen LogP contribution in [-0.4, -0.2) is 29.3 Å². The molecule has 7 heteroatoms. The van der Waals surface area contributed by atoms with E-state index in [2.05, 4.69) is 10.3 Å². The number of rotatable bonds is 8. The molecule has 1 aromatic heterocycles. The lowest BCUT2D eigenvalue weighted by Crippen LogP contribution is -2.15. The third-order valence-electron chi connectivity index (χ3n) is 4.12. The first-order valence-electron chi connectivity index (χ1n) is 9.34. The molecule has 2 aromatic carbocycles. The number of nitrogens with zero attached hydrogens (tertiary/aromatic N) is 1. The molecule has 7 nitrogen and oxygen atoms in total. The lowest BCUT2D eigenvalue weighted by atomic mass is 10.1. The number of benzene rings is 2. The minimum absolute atomic E-state index is 0.116. The Morgan fingerprint density at radius 3 is 2.43 bits per heavy atom. The molecule has 0 aliphatic heterocycles. The Balaban J connectivity index is 1.62. The summed E-state index contributed by atoms with van der Waals surface area (Å²) in [4.78, 5) is 40.2. The van der Waals surface area contributed by atoms with Gasteiger partial charge in [0.25, 0.3) is 0 Å². The maximum absolute atomic E-state index is 12.5. The largest absolute Gasteiger partial charge is 0.455 e. The van der Waals surface area contributed by atoms with Crippen molar-refractivity contribution in [3.8, 4) is 11.5 Å². The Labute approximate surface area is 173 Å². The number of hydrogen-bond donors (Lipinski definition) is 1. The van der Waals surface area contributed by atoms with Gasteiger partial charge >= 0.3 is 5.97 Å². The highest BCUT2D eigenvalue weighted by Crippen LogP contribution is 2.25. The van der Waals surface area contributed by atoms with Gasteiger partial charge in [-0.05, 0) is 48.5 Å². The van der Waals surface area contributed by atoms with E-state index >= 15 is 0 Å². The number of pyridine rings is 1. The molecule has 0 unspecified atom stereocenters. The molecule has 0 aliphatic rings. The second kappa shape index (κ2) is 9.97. The summed E-state index contributed by atoms with van der Waals surface area (Å²) in [6, 6.07) is 16.4. The molecule has 0 saturated heterocycles. The van der Waals surface area contributed by atoms with Gasteiger partial charge in [-0.3, -0.25) is 14.6 Å². The Kier molecular flexibility index (Phi) is 6.89. The molecular weight excluding hydrogens is 384 g/mol. The van der Waals surface area contributed by atoms with Crippen LogP contribution >= 0.6 is 0 Å². The third-order valence-corrected chi connectivity index (χ3v) is 4.12. The Morgan fingerprint density at radius 2 is 1.73 bits per heavy atom. The summed E-state index contributed by atoms with van der Waals surface area (Å²) in [5.74, 6) is -0.365. The second-order valence-electron chi connectivity index (χ2n) is 6.27. The predicted molar refractivity (Wildman–Crippen MR) is 111 cm³/mol. The van der Waals surface area contributed by atoms with E-state index in [-0.39, 0.29) is 17.3 Å². The zero-order valence-corrected chi connectivity index (χ0v) is 16.3. The first-order valence-corrected chi connectivity index (χ1v) is 9.34. The summed E-state index contributed by atoms with van der Waals surface area (Å²) >= 11 is 0. The number of carbonyl (C=O) groups is 3. The van der Waals surface area contributed by atoms with E-state index in [1.54, 1.807) is 73.8 Å². The minimum atomic E-state index is -0.672. The van der Waals surface area contributed by atoms with Crippen LogP contribution in [0.4, 0.5) is 5.69 Å². The van der Waals surface area contributed by atoms with Crippen LogP contribution in [0.2, 0.25) is 0 Å². The van der Waals surface area contributed by atoms with Gasteiger partial charge in [0.2, 0.25) is 5.91 Å². The van der Waals surface area contributed by atoms with E-state index in [0.29, 0.717) is 29.2 Å². The molecule has 0 radical (unpaired) electrons. The fourth-order valence-corrected chi connectivity index (χ4v) is 2.54. The van der Waals surface area contributed by atoms with Gasteiger partial charge in [0.05, 0.1) is 6.20 Å². The number of nitrogens with one attached hydrogen (secondary N) is 1. The SMILES string of the molecule is CCC(=O)Nc1ccc(C(=O)COC(=O)c2ccccc2Oc2cccnc2)cc1. The lowest BCUT2D eigenvalue weighted by Gasteiger charge is -2.10. The monoisotopic (exact) mass is 404 g/mol. The van der Waals surface area contributed by atoms with E-state index in [9.17, 15) is 14.4 Å². The van der Waals surface area contributed by atoms with Crippen molar-refractivity contribution in [1.29, 1.82) is 0 Å². The number of ketones is 1. The van der Waals surface area contributed by atoms with E-state index in [0.717, 1.165) is 0 Å².